The molecule has 3 nitrogen and oxygen atoms in total. The van der Waals surface area contributed by atoms with Crippen LogP contribution < -0.4 is 5.32 Å². The quantitative estimate of drug-likeness (QED) is 0.927. The molecule has 0 radical (unpaired) electrons. The van der Waals surface area contributed by atoms with Gasteiger partial charge in [0.25, 0.3) is 5.91 Å². The third-order valence-corrected chi connectivity index (χ3v) is 3.94. The van der Waals surface area contributed by atoms with Crippen LogP contribution in [0, 0.1) is 0 Å². The number of benzene rings is 1. The summed E-state index contributed by atoms with van der Waals surface area (Å²) < 4.78 is 0.997. The maximum Gasteiger partial charge on any atom is 0.253 e. The maximum atomic E-state index is 12.2. The second-order valence-electron chi connectivity index (χ2n) is 4.82. The molecule has 1 saturated heterocycles. The van der Waals surface area contributed by atoms with Crippen molar-refractivity contribution in [1.82, 2.24) is 10.2 Å². The van der Waals surface area contributed by atoms with Crippen LogP contribution in [0.5, 0.6) is 0 Å². The summed E-state index contributed by atoms with van der Waals surface area (Å²) in [4.78, 5) is 14.0. The highest BCUT2D eigenvalue weighted by atomic mass is 79.9. The maximum absolute atomic E-state index is 12.2. The van der Waals surface area contributed by atoms with Crippen molar-refractivity contribution in [1.29, 1.82) is 0 Å². The summed E-state index contributed by atoms with van der Waals surface area (Å²) in [7, 11) is 1.87. The molecule has 0 aromatic heterocycles. The van der Waals surface area contributed by atoms with E-state index in [1.165, 1.54) is 12.8 Å². The average molecular weight is 311 g/mol. The van der Waals surface area contributed by atoms with Gasteiger partial charge in [0.15, 0.2) is 0 Å². The Morgan fingerprint density at radius 1 is 1.44 bits per heavy atom. The van der Waals surface area contributed by atoms with Crippen molar-refractivity contribution >= 4 is 21.8 Å². The molecule has 0 spiro atoms. The Hall–Kier alpha value is -0.870. The number of carbonyl (C=O) groups is 1. The van der Waals surface area contributed by atoms with Crippen LogP contribution in [-0.2, 0) is 0 Å². The van der Waals surface area contributed by atoms with Gasteiger partial charge < -0.3 is 10.2 Å². The van der Waals surface area contributed by atoms with E-state index in [1.807, 2.05) is 36.2 Å². The predicted octanol–water partition coefficient (Wildman–Crippen LogP) is 2.66. The Kier molecular flexibility index (Phi) is 4.78. The van der Waals surface area contributed by atoms with E-state index >= 15 is 0 Å². The first-order valence-corrected chi connectivity index (χ1v) is 7.20. The summed E-state index contributed by atoms with van der Waals surface area (Å²) in [5.74, 6) is 0.0977. The third kappa shape index (κ3) is 3.56. The monoisotopic (exact) mass is 310 g/mol. The van der Waals surface area contributed by atoms with E-state index in [2.05, 4.69) is 21.2 Å². The molecule has 0 aliphatic carbocycles. The van der Waals surface area contributed by atoms with E-state index < -0.39 is 0 Å². The van der Waals surface area contributed by atoms with Crippen LogP contribution in [0.4, 0.5) is 0 Å². The molecule has 98 valence electrons. The molecule has 1 aliphatic heterocycles. The molecule has 1 amide bonds. The van der Waals surface area contributed by atoms with Gasteiger partial charge in [-0.3, -0.25) is 4.79 Å². The lowest BCUT2D eigenvalue weighted by Crippen LogP contribution is -2.32. The van der Waals surface area contributed by atoms with Crippen molar-refractivity contribution in [3.8, 4) is 0 Å². The zero-order valence-corrected chi connectivity index (χ0v) is 12.2. The molecule has 1 aliphatic rings. The highest BCUT2D eigenvalue weighted by molar-refractivity contribution is 9.10. The van der Waals surface area contributed by atoms with Crippen molar-refractivity contribution < 1.29 is 4.79 Å². The zero-order valence-electron chi connectivity index (χ0n) is 10.7. The Bertz CT molecular complexity index is 399. The minimum Gasteiger partial charge on any atom is -0.342 e. The first-order valence-electron chi connectivity index (χ1n) is 6.41. The van der Waals surface area contributed by atoms with Crippen LogP contribution in [0.3, 0.4) is 0 Å². The van der Waals surface area contributed by atoms with Crippen molar-refractivity contribution in [3.63, 3.8) is 0 Å². The largest absolute Gasteiger partial charge is 0.342 e. The number of rotatable bonds is 4. The molecule has 0 bridgehead atoms. The summed E-state index contributed by atoms with van der Waals surface area (Å²) in [6.07, 6.45) is 3.54. The molecular formula is C14H19BrN2O. The van der Waals surface area contributed by atoms with Crippen molar-refractivity contribution in [2.45, 2.75) is 25.3 Å². The lowest BCUT2D eigenvalue weighted by Gasteiger charge is -2.19. The van der Waals surface area contributed by atoms with E-state index in [1.54, 1.807) is 0 Å². The molecule has 1 heterocycles. The summed E-state index contributed by atoms with van der Waals surface area (Å²) in [5.41, 5.74) is 0.750. The summed E-state index contributed by atoms with van der Waals surface area (Å²) >= 11 is 3.37. The Balaban J connectivity index is 1.85. The highest BCUT2D eigenvalue weighted by Gasteiger charge is 2.16. The second kappa shape index (κ2) is 6.34. The average Bonchev–Trinajstić information content (AvgIpc) is 2.89. The predicted molar refractivity (Wildman–Crippen MR) is 76.7 cm³/mol. The third-order valence-electron chi connectivity index (χ3n) is 3.41. The van der Waals surface area contributed by atoms with Crippen molar-refractivity contribution in [3.05, 3.63) is 34.3 Å². The molecule has 0 saturated carbocycles. The fourth-order valence-electron chi connectivity index (χ4n) is 2.27. The molecule has 1 N–H and O–H groups in total. The smallest absolute Gasteiger partial charge is 0.253 e. The normalized spacial score (nSPS) is 18.9. The molecule has 18 heavy (non-hydrogen) atoms. The van der Waals surface area contributed by atoms with Crippen LogP contribution >= 0.6 is 15.9 Å². The number of hydrogen-bond acceptors (Lipinski definition) is 2. The van der Waals surface area contributed by atoms with Gasteiger partial charge >= 0.3 is 0 Å². The fraction of sp³-hybridized carbons (Fsp3) is 0.500. The van der Waals surface area contributed by atoms with E-state index in [4.69, 9.17) is 0 Å². The molecule has 1 atom stereocenters. The first-order chi connectivity index (χ1) is 8.66. The molecule has 1 fully saturated rings. The van der Waals surface area contributed by atoms with Gasteiger partial charge in [0.2, 0.25) is 0 Å². The molecule has 1 unspecified atom stereocenters. The topological polar surface area (TPSA) is 32.3 Å². The molecule has 2 rings (SSSR count). The summed E-state index contributed by atoms with van der Waals surface area (Å²) in [6, 6.07) is 8.11. The fourth-order valence-corrected chi connectivity index (χ4v) is 2.53. The van der Waals surface area contributed by atoms with Crippen LogP contribution in [-0.4, -0.2) is 37.0 Å². The molecular weight excluding hydrogens is 292 g/mol. The van der Waals surface area contributed by atoms with E-state index in [0.717, 1.165) is 29.5 Å². The van der Waals surface area contributed by atoms with Gasteiger partial charge in [-0.15, -0.1) is 0 Å². The Labute approximate surface area is 117 Å². The number of nitrogens with zero attached hydrogens (tertiary/aromatic N) is 1. The lowest BCUT2D eigenvalue weighted by atomic mass is 10.1. The lowest BCUT2D eigenvalue weighted by molar-refractivity contribution is 0.0790. The molecule has 4 heteroatoms. The standard InChI is InChI=1S/C14H19BrN2O/c1-17(10-8-13-3-2-9-16-13)14(18)11-4-6-12(15)7-5-11/h4-7,13,16H,2-3,8-10H2,1H3. The van der Waals surface area contributed by atoms with E-state index in [0.29, 0.717) is 6.04 Å². The zero-order chi connectivity index (χ0) is 13.0. The Morgan fingerprint density at radius 3 is 2.78 bits per heavy atom. The van der Waals surface area contributed by atoms with Crippen LogP contribution in [0.25, 0.3) is 0 Å². The number of amides is 1. The van der Waals surface area contributed by atoms with E-state index in [-0.39, 0.29) is 5.91 Å². The minimum absolute atomic E-state index is 0.0977. The Morgan fingerprint density at radius 2 is 2.17 bits per heavy atom. The van der Waals surface area contributed by atoms with Gasteiger partial charge in [-0.2, -0.15) is 0 Å². The van der Waals surface area contributed by atoms with Crippen LogP contribution in [0.15, 0.2) is 28.7 Å². The highest BCUT2D eigenvalue weighted by Crippen LogP contribution is 2.13. The van der Waals surface area contributed by atoms with Gasteiger partial charge in [-0.05, 0) is 50.1 Å². The number of carbonyl (C=O) groups excluding carboxylic acids is 1. The van der Waals surface area contributed by atoms with E-state index in [9.17, 15) is 4.79 Å². The molecule has 1 aromatic rings. The van der Waals surface area contributed by atoms with Crippen LogP contribution in [0.2, 0.25) is 0 Å². The van der Waals surface area contributed by atoms with Gasteiger partial charge in [-0.25, -0.2) is 0 Å². The van der Waals surface area contributed by atoms with Gasteiger partial charge in [0.05, 0.1) is 0 Å². The van der Waals surface area contributed by atoms with Gasteiger partial charge in [0, 0.05) is 29.7 Å². The van der Waals surface area contributed by atoms with Crippen LogP contribution in [0.1, 0.15) is 29.6 Å². The van der Waals surface area contributed by atoms with Gasteiger partial charge in [-0.1, -0.05) is 15.9 Å². The van der Waals surface area contributed by atoms with Gasteiger partial charge in [0.1, 0.15) is 0 Å². The first kappa shape index (κ1) is 13.6. The minimum atomic E-state index is 0.0977. The second-order valence-corrected chi connectivity index (χ2v) is 5.73. The summed E-state index contributed by atoms with van der Waals surface area (Å²) in [5, 5.41) is 3.45. The molecule has 1 aromatic carbocycles. The van der Waals surface area contributed by atoms with Crippen molar-refractivity contribution in [2.75, 3.05) is 20.1 Å². The van der Waals surface area contributed by atoms with Crippen molar-refractivity contribution in [2.24, 2.45) is 0 Å². The summed E-state index contributed by atoms with van der Waals surface area (Å²) in [6.45, 7) is 1.93. The SMILES string of the molecule is CN(CCC1CCCN1)C(=O)c1ccc(Br)cc1. The number of nitrogens with one attached hydrogen (secondary N) is 1. The number of hydrogen-bond donors (Lipinski definition) is 1. The number of halogens is 1.